The van der Waals surface area contributed by atoms with Crippen LogP contribution in [0.3, 0.4) is 0 Å². The molecule has 8 heteroatoms. The summed E-state index contributed by atoms with van der Waals surface area (Å²) in [6.45, 7) is 0. The van der Waals surface area contributed by atoms with E-state index in [9.17, 15) is 24.3 Å². The molecule has 0 aliphatic heterocycles. The van der Waals surface area contributed by atoms with E-state index in [2.05, 4.69) is 5.32 Å². The SMILES string of the molecule is O=C(O[C@H](C(=O)O)[C@H](OC(=O)c1ccccc1)C(=O)N[C@@H]1C[C@H]2CC[C@H]1C2)c1ccccc1. The predicted molar refractivity (Wildman–Crippen MR) is 116 cm³/mol. The molecule has 5 atom stereocenters. The van der Waals surface area contributed by atoms with E-state index < -0.39 is 36.0 Å². The van der Waals surface area contributed by atoms with Crippen molar-refractivity contribution in [2.45, 2.75) is 43.9 Å². The quantitative estimate of drug-likeness (QED) is 0.593. The summed E-state index contributed by atoms with van der Waals surface area (Å²) < 4.78 is 10.5. The second-order valence-electron chi connectivity index (χ2n) is 8.51. The highest BCUT2D eigenvalue weighted by molar-refractivity contribution is 5.96. The first-order valence-corrected chi connectivity index (χ1v) is 11.0. The van der Waals surface area contributed by atoms with Crippen molar-refractivity contribution in [2.24, 2.45) is 11.8 Å². The molecule has 33 heavy (non-hydrogen) atoms. The molecule has 0 saturated heterocycles. The normalized spacial score (nSPS) is 22.7. The topological polar surface area (TPSA) is 119 Å². The second-order valence-corrected chi connectivity index (χ2v) is 8.51. The average molecular weight is 451 g/mol. The van der Waals surface area contributed by atoms with Gasteiger partial charge >= 0.3 is 17.9 Å². The molecule has 2 N–H and O–H groups in total. The summed E-state index contributed by atoms with van der Waals surface area (Å²) in [5.41, 5.74) is 0.263. The molecule has 172 valence electrons. The summed E-state index contributed by atoms with van der Waals surface area (Å²) in [5, 5.41) is 12.6. The first-order valence-electron chi connectivity index (χ1n) is 11.0. The van der Waals surface area contributed by atoms with Crippen molar-refractivity contribution in [3.63, 3.8) is 0 Å². The van der Waals surface area contributed by atoms with Crippen LogP contribution in [0, 0.1) is 11.8 Å². The van der Waals surface area contributed by atoms with Gasteiger partial charge in [0.05, 0.1) is 11.1 Å². The van der Waals surface area contributed by atoms with Crippen LogP contribution in [-0.2, 0) is 19.1 Å². The van der Waals surface area contributed by atoms with Gasteiger partial charge in [-0.15, -0.1) is 0 Å². The number of esters is 2. The molecule has 1 amide bonds. The number of hydrogen-bond donors (Lipinski definition) is 2. The number of benzene rings is 2. The van der Waals surface area contributed by atoms with Gasteiger partial charge in [-0.05, 0) is 55.4 Å². The van der Waals surface area contributed by atoms with E-state index in [1.807, 2.05) is 0 Å². The van der Waals surface area contributed by atoms with Crippen molar-refractivity contribution in [2.75, 3.05) is 0 Å². The highest BCUT2D eigenvalue weighted by atomic mass is 16.6. The largest absolute Gasteiger partial charge is 0.478 e. The number of ether oxygens (including phenoxy) is 2. The molecular formula is C25H25NO7. The molecule has 0 aromatic heterocycles. The monoisotopic (exact) mass is 451 g/mol. The van der Waals surface area contributed by atoms with Crippen molar-refractivity contribution < 1.29 is 33.8 Å². The number of rotatable bonds is 8. The number of carboxylic acid groups (broad SMARTS) is 1. The maximum Gasteiger partial charge on any atom is 0.349 e. The Bertz CT molecular complexity index is 1020. The smallest absolute Gasteiger partial charge is 0.349 e. The fourth-order valence-corrected chi connectivity index (χ4v) is 4.70. The fourth-order valence-electron chi connectivity index (χ4n) is 4.70. The molecule has 0 spiro atoms. The van der Waals surface area contributed by atoms with Gasteiger partial charge in [0.25, 0.3) is 5.91 Å². The number of carbonyl (C=O) groups excluding carboxylic acids is 3. The molecule has 2 aromatic rings. The molecule has 2 aliphatic rings. The number of amides is 1. The summed E-state index contributed by atoms with van der Waals surface area (Å²) >= 11 is 0. The molecule has 2 aromatic carbocycles. The Morgan fingerprint density at radius 1 is 0.788 bits per heavy atom. The molecule has 2 saturated carbocycles. The van der Waals surface area contributed by atoms with Crippen LogP contribution in [0.1, 0.15) is 46.4 Å². The first-order chi connectivity index (χ1) is 15.9. The number of nitrogens with one attached hydrogen (secondary N) is 1. The van der Waals surface area contributed by atoms with Crippen LogP contribution in [-0.4, -0.2) is 47.2 Å². The van der Waals surface area contributed by atoms with Gasteiger partial charge in [-0.2, -0.15) is 0 Å². The third kappa shape index (κ3) is 5.22. The number of carbonyl (C=O) groups is 4. The number of fused-ring (bicyclic) bond motifs is 2. The minimum absolute atomic E-state index is 0.116. The minimum Gasteiger partial charge on any atom is -0.478 e. The zero-order valence-corrected chi connectivity index (χ0v) is 17.9. The Kier molecular flexibility index (Phi) is 6.72. The van der Waals surface area contributed by atoms with Crippen molar-refractivity contribution in [3.8, 4) is 0 Å². The van der Waals surface area contributed by atoms with E-state index in [1.54, 1.807) is 36.4 Å². The summed E-state index contributed by atoms with van der Waals surface area (Å²) in [5.74, 6) is -3.34. The van der Waals surface area contributed by atoms with Gasteiger partial charge in [0.2, 0.25) is 12.2 Å². The Labute approximate surface area is 190 Å². The lowest BCUT2D eigenvalue weighted by molar-refractivity contribution is -0.159. The summed E-state index contributed by atoms with van der Waals surface area (Å²) in [6.07, 6.45) is 0.0823. The maximum absolute atomic E-state index is 13.2. The van der Waals surface area contributed by atoms with Gasteiger partial charge in [-0.25, -0.2) is 14.4 Å². The average Bonchev–Trinajstić information content (AvgIpc) is 3.45. The van der Waals surface area contributed by atoms with E-state index in [-0.39, 0.29) is 17.2 Å². The Balaban J connectivity index is 1.56. The zero-order chi connectivity index (χ0) is 23.4. The van der Waals surface area contributed by atoms with Gasteiger partial charge < -0.3 is 19.9 Å². The third-order valence-corrected chi connectivity index (χ3v) is 6.33. The summed E-state index contributed by atoms with van der Waals surface area (Å²) in [4.78, 5) is 50.4. The molecule has 0 unspecified atom stereocenters. The lowest BCUT2D eigenvalue weighted by Gasteiger charge is -2.28. The Hall–Kier alpha value is -3.68. The molecule has 2 fully saturated rings. The van der Waals surface area contributed by atoms with Gasteiger partial charge in [-0.3, -0.25) is 4.79 Å². The van der Waals surface area contributed by atoms with Crippen LogP contribution >= 0.6 is 0 Å². The van der Waals surface area contributed by atoms with Gasteiger partial charge in [0, 0.05) is 6.04 Å². The van der Waals surface area contributed by atoms with E-state index >= 15 is 0 Å². The summed E-state index contributed by atoms with van der Waals surface area (Å²) in [6, 6.07) is 15.6. The van der Waals surface area contributed by atoms with Crippen LogP contribution in [0.5, 0.6) is 0 Å². The highest BCUT2D eigenvalue weighted by Gasteiger charge is 2.45. The van der Waals surface area contributed by atoms with Gasteiger partial charge in [0.1, 0.15) is 0 Å². The van der Waals surface area contributed by atoms with Crippen LogP contribution in [0.25, 0.3) is 0 Å². The Morgan fingerprint density at radius 3 is 1.79 bits per heavy atom. The minimum atomic E-state index is -2.01. The van der Waals surface area contributed by atoms with Crippen molar-refractivity contribution >= 4 is 23.8 Å². The molecule has 8 nitrogen and oxygen atoms in total. The lowest BCUT2D eigenvalue weighted by Crippen LogP contribution is -2.53. The van der Waals surface area contributed by atoms with Crippen molar-refractivity contribution in [3.05, 3.63) is 71.8 Å². The van der Waals surface area contributed by atoms with Crippen molar-refractivity contribution in [1.82, 2.24) is 5.32 Å². The molecule has 2 bridgehead atoms. The Morgan fingerprint density at radius 2 is 1.33 bits per heavy atom. The number of carboxylic acids is 1. The van der Waals surface area contributed by atoms with E-state index in [0.717, 1.165) is 25.7 Å². The van der Waals surface area contributed by atoms with Crippen LogP contribution in [0.4, 0.5) is 0 Å². The van der Waals surface area contributed by atoms with Gasteiger partial charge in [-0.1, -0.05) is 42.8 Å². The van der Waals surface area contributed by atoms with Crippen molar-refractivity contribution in [1.29, 1.82) is 0 Å². The second kappa shape index (κ2) is 9.85. The van der Waals surface area contributed by atoms with Crippen LogP contribution < -0.4 is 5.32 Å². The van der Waals surface area contributed by atoms with E-state index in [1.165, 1.54) is 24.3 Å². The molecule has 0 heterocycles. The standard InChI is InChI=1S/C25H25NO7/c27-22(26-19-14-15-11-12-18(19)13-15)20(32-24(30)16-7-3-1-4-8-16)21(23(28)29)33-25(31)17-9-5-2-6-10-17/h1-10,15,18-21H,11-14H2,(H,26,27)(H,28,29)/t15-,18-,19+,20-,21-/m0/s1. The first kappa shape index (κ1) is 22.5. The molecular weight excluding hydrogens is 426 g/mol. The number of aliphatic carboxylic acids is 1. The van der Waals surface area contributed by atoms with Crippen LogP contribution in [0.2, 0.25) is 0 Å². The maximum atomic E-state index is 13.2. The van der Waals surface area contributed by atoms with E-state index in [0.29, 0.717) is 11.8 Å². The fraction of sp³-hybridized carbons (Fsp3) is 0.360. The molecule has 4 rings (SSSR count). The predicted octanol–water partition coefficient (Wildman–Crippen LogP) is 2.83. The third-order valence-electron chi connectivity index (χ3n) is 6.33. The van der Waals surface area contributed by atoms with E-state index in [4.69, 9.17) is 9.47 Å². The molecule has 2 aliphatic carbocycles. The van der Waals surface area contributed by atoms with Crippen LogP contribution in [0.15, 0.2) is 60.7 Å². The lowest BCUT2D eigenvalue weighted by atomic mass is 9.95. The highest BCUT2D eigenvalue weighted by Crippen LogP contribution is 2.44. The zero-order valence-electron chi connectivity index (χ0n) is 17.9. The van der Waals surface area contributed by atoms with Gasteiger partial charge in [0.15, 0.2) is 0 Å². The number of hydrogen-bond acceptors (Lipinski definition) is 6. The molecule has 0 radical (unpaired) electrons. The summed E-state index contributed by atoms with van der Waals surface area (Å²) in [7, 11) is 0.